The molecule has 1 amide bonds. The number of benzene rings is 1. The number of carbonyl (C=O) groups excluding carboxylic acids is 1. The van der Waals surface area contributed by atoms with Crippen LogP contribution in [-0.4, -0.2) is 43.2 Å². The molecule has 1 aromatic rings. The first kappa shape index (κ1) is 18.3. The number of hydrogen-bond donors (Lipinski definition) is 1. The zero-order valence-electron chi connectivity index (χ0n) is 12.0. The lowest BCUT2D eigenvalue weighted by Crippen LogP contribution is -2.33. The van der Waals surface area contributed by atoms with Gasteiger partial charge in [0.2, 0.25) is 0 Å². The molecule has 108 valence electrons. The van der Waals surface area contributed by atoms with Crippen LogP contribution in [0.25, 0.3) is 0 Å². The fourth-order valence-corrected chi connectivity index (χ4v) is 2.53. The van der Waals surface area contributed by atoms with Gasteiger partial charge in [0.1, 0.15) is 0 Å². The fourth-order valence-electron chi connectivity index (χ4n) is 1.59. The molecule has 0 fully saturated rings. The van der Waals surface area contributed by atoms with Crippen molar-refractivity contribution >= 4 is 30.1 Å². The molecule has 0 aliphatic rings. The Bertz CT molecular complexity index is 399. The minimum Gasteiger partial charge on any atom is -0.340 e. The molecule has 0 unspecified atom stereocenters. The third-order valence-corrected chi connectivity index (χ3v) is 3.61. The zero-order valence-corrected chi connectivity index (χ0v) is 13.6. The first-order valence-electron chi connectivity index (χ1n) is 6.22. The second-order valence-corrected chi connectivity index (χ2v) is 6.11. The van der Waals surface area contributed by atoms with E-state index in [9.17, 15) is 4.79 Å². The summed E-state index contributed by atoms with van der Waals surface area (Å²) in [6, 6.07) is 7.82. The lowest BCUT2D eigenvalue weighted by Gasteiger charge is -2.19. The summed E-state index contributed by atoms with van der Waals surface area (Å²) in [7, 11) is 3.73. The van der Waals surface area contributed by atoms with E-state index in [1.807, 2.05) is 38.4 Å². The molecule has 0 aliphatic carbocycles. The highest BCUT2D eigenvalue weighted by Crippen LogP contribution is 2.27. The van der Waals surface area contributed by atoms with Crippen LogP contribution in [-0.2, 0) is 0 Å². The molecule has 0 saturated carbocycles. The van der Waals surface area contributed by atoms with E-state index < -0.39 is 0 Å². The van der Waals surface area contributed by atoms with Crippen LogP contribution >= 0.6 is 24.2 Å². The first-order chi connectivity index (χ1) is 8.56. The van der Waals surface area contributed by atoms with Gasteiger partial charge in [-0.25, -0.2) is 0 Å². The van der Waals surface area contributed by atoms with E-state index in [1.54, 1.807) is 16.7 Å². The molecular weight excluding hydrogens is 280 g/mol. The standard InChI is InChI=1S/C14H22N2OS.ClH/c1-11(2)18-13-8-6-5-7-12(13)14(17)16(4)10-9-15-3;/h5-8,11,15H,9-10H2,1-4H3;1H. The van der Waals surface area contributed by atoms with E-state index in [0.717, 1.165) is 23.5 Å². The molecule has 0 heterocycles. The highest BCUT2D eigenvalue weighted by atomic mass is 35.5. The minimum absolute atomic E-state index is 0. The highest BCUT2D eigenvalue weighted by molar-refractivity contribution is 8.00. The Labute approximate surface area is 126 Å². The topological polar surface area (TPSA) is 32.3 Å². The number of nitrogens with one attached hydrogen (secondary N) is 1. The van der Waals surface area contributed by atoms with Crippen molar-refractivity contribution in [3.05, 3.63) is 29.8 Å². The fraction of sp³-hybridized carbons (Fsp3) is 0.500. The Morgan fingerprint density at radius 3 is 2.58 bits per heavy atom. The molecule has 0 atom stereocenters. The monoisotopic (exact) mass is 302 g/mol. The Hall–Kier alpha value is -0.710. The molecule has 0 aromatic heterocycles. The quantitative estimate of drug-likeness (QED) is 0.820. The maximum Gasteiger partial charge on any atom is 0.254 e. The van der Waals surface area contributed by atoms with Gasteiger partial charge in [0, 0.05) is 30.3 Å². The van der Waals surface area contributed by atoms with Gasteiger partial charge >= 0.3 is 0 Å². The van der Waals surface area contributed by atoms with Crippen LogP contribution in [0.2, 0.25) is 0 Å². The number of hydrogen-bond acceptors (Lipinski definition) is 3. The van der Waals surface area contributed by atoms with Crippen LogP contribution < -0.4 is 5.32 Å². The number of nitrogens with zero attached hydrogens (tertiary/aromatic N) is 1. The number of halogens is 1. The van der Waals surface area contributed by atoms with Gasteiger partial charge < -0.3 is 10.2 Å². The van der Waals surface area contributed by atoms with Gasteiger partial charge in [0.05, 0.1) is 5.56 Å². The molecule has 1 N–H and O–H groups in total. The van der Waals surface area contributed by atoms with E-state index in [1.165, 1.54) is 0 Å². The lowest BCUT2D eigenvalue weighted by molar-refractivity contribution is 0.0793. The molecule has 1 rings (SSSR count). The van der Waals surface area contributed by atoms with Crippen LogP contribution in [0.5, 0.6) is 0 Å². The van der Waals surface area contributed by atoms with Crippen LogP contribution in [0.4, 0.5) is 0 Å². The molecule has 0 aliphatic heterocycles. The van der Waals surface area contributed by atoms with Gasteiger partial charge in [-0.15, -0.1) is 24.2 Å². The molecular formula is C14H23ClN2OS. The number of likely N-dealkylation sites (N-methyl/N-ethyl adjacent to an activating group) is 2. The third kappa shape index (κ3) is 5.85. The van der Waals surface area contributed by atoms with E-state index in [2.05, 4.69) is 19.2 Å². The van der Waals surface area contributed by atoms with Crippen molar-refractivity contribution in [2.45, 2.75) is 24.0 Å². The normalized spacial score (nSPS) is 10.2. The van der Waals surface area contributed by atoms with E-state index >= 15 is 0 Å². The molecule has 0 saturated heterocycles. The minimum atomic E-state index is 0. The predicted molar refractivity (Wildman–Crippen MR) is 85.6 cm³/mol. The van der Waals surface area contributed by atoms with Crippen molar-refractivity contribution in [1.82, 2.24) is 10.2 Å². The third-order valence-electron chi connectivity index (χ3n) is 2.52. The molecule has 5 heteroatoms. The van der Waals surface area contributed by atoms with Crippen molar-refractivity contribution < 1.29 is 4.79 Å². The number of thioether (sulfide) groups is 1. The van der Waals surface area contributed by atoms with Gasteiger partial charge in [-0.2, -0.15) is 0 Å². The average molecular weight is 303 g/mol. The maximum atomic E-state index is 12.3. The van der Waals surface area contributed by atoms with Crippen molar-refractivity contribution in [2.75, 3.05) is 27.2 Å². The van der Waals surface area contributed by atoms with E-state index in [4.69, 9.17) is 0 Å². The van der Waals surface area contributed by atoms with Crippen molar-refractivity contribution in [3.63, 3.8) is 0 Å². The van der Waals surface area contributed by atoms with Gasteiger partial charge in [-0.05, 0) is 19.2 Å². The molecule has 0 bridgehead atoms. The highest BCUT2D eigenvalue weighted by Gasteiger charge is 2.15. The van der Waals surface area contributed by atoms with Gasteiger partial charge in [-0.3, -0.25) is 4.79 Å². The summed E-state index contributed by atoms with van der Waals surface area (Å²) in [5.41, 5.74) is 0.801. The SMILES string of the molecule is CNCCN(C)C(=O)c1ccccc1SC(C)C.Cl. The van der Waals surface area contributed by atoms with Crippen LogP contribution in [0.3, 0.4) is 0 Å². The molecule has 0 radical (unpaired) electrons. The average Bonchev–Trinajstić information content (AvgIpc) is 2.35. The van der Waals surface area contributed by atoms with Gasteiger partial charge in [0.25, 0.3) is 5.91 Å². The smallest absolute Gasteiger partial charge is 0.254 e. The van der Waals surface area contributed by atoms with Crippen molar-refractivity contribution in [1.29, 1.82) is 0 Å². The van der Waals surface area contributed by atoms with Crippen LogP contribution in [0, 0.1) is 0 Å². The Kier molecular flexibility index (Phi) is 8.89. The molecule has 19 heavy (non-hydrogen) atoms. The predicted octanol–water partition coefficient (Wildman–Crippen LogP) is 2.90. The number of rotatable bonds is 6. The van der Waals surface area contributed by atoms with Gasteiger partial charge in [0.15, 0.2) is 0 Å². The van der Waals surface area contributed by atoms with E-state index in [-0.39, 0.29) is 18.3 Å². The zero-order chi connectivity index (χ0) is 13.5. The molecule has 1 aromatic carbocycles. The second-order valence-electron chi connectivity index (χ2n) is 4.49. The summed E-state index contributed by atoms with van der Waals surface area (Å²) in [6.07, 6.45) is 0. The Morgan fingerprint density at radius 2 is 2.00 bits per heavy atom. The van der Waals surface area contributed by atoms with Crippen LogP contribution in [0.1, 0.15) is 24.2 Å². The first-order valence-corrected chi connectivity index (χ1v) is 7.10. The summed E-state index contributed by atoms with van der Waals surface area (Å²) in [4.78, 5) is 15.2. The summed E-state index contributed by atoms with van der Waals surface area (Å²) >= 11 is 1.73. The Morgan fingerprint density at radius 1 is 1.37 bits per heavy atom. The Balaban J connectivity index is 0.00000324. The summed E-state index contributed by atoms with van der Waals surface area (Å²) in [5.74, 6) is 0.0917. The van der Waals surface area contributed by atoms with Crippen LogP contribution in [0.15, 0.2) is 29.2 Å². The second kappa shape index (κ2) is 9.23. The number of amides is 1. The van der Waals surface area contributed by atoms with Gasteiger partial charge in [-0.1, -0.05) is 26.0 Å². The van der Waals surface area contributed by atoms with E-state index in [0.29, 0.717) is 5.25 Å². The number of carbonyl (C=O) groups is 1. The maximum absolute atomic E-state index is 12.3. The summed E-state index contributed by atoms with van der Waals surface area (Å²) in [6.45, 7) is 5.80. The molecule has 0 spiro atoms. The largest absolute Gasteiger partial charge is 0.340 e. The lowest BCUT2D eigenvalue weighted by atomic mass is 10.2. The van der Waals surface area contributed by atoms with Crippen molar-refractivity contribution in [2.24, 2.45) is 0 Å². The summed E-state index contributed by atoms with van der Waals surface area (Å²) in [5, 5.41) is 3.53. The molecule has 3 nitrogen and oxygen atoms in total. The van der Waals surface area contributed by atoms with Crippen molar-refractivity contribution in [3.8, 4) is 0 Å². The summed E-state index contributed by atoms with van der Waals surface area (Å²) < 4.78 is 0.